The van der Waals surface area contributed by atoms with E-state index >= 15 is 0 Å². The maximum Gasteiger partial charge on any atom is 0.0394 e. The van der Waals surface area contributed by atoms with Crippen LogP contribution in [0.1, 0.15) is 38.8 Å². The van der Waals surface area contributed by atoms with Gasteiger partial charge in [0.1, 0.15) is 0 Å². The standard InChI is InChI=1S/C18H28N2S.2ClH/c1-5-8-16(20-13-11-19-12-14-20)15-9-6-7-10-17(15)21-18(2,3)4;;/h5-7,9-10,16,19H,1,8,11-14H2,2-4H3;2*1H/t16-;;/m1../s1. The summed E-state index contributed by atoms with van der Waals surface area (Å²) in [6.07, 6.45) is 3.08. The highest BCUT2D eigenvalue weighted by Crippen LogP contribution is 2.38. The Bertz CT molecular complexity index is 468. The van der Waals surface area contributed by atoms with E-state index in [1.54, 1.807) is 0 Å². The number of nitrogens with one attached hydrogen (secondary N) is 1. The lowest BCUT2D eigenvalue weighted by atomic mass is 10.0. The second kappa shape index (κ2) is 10.6. The largest absolute Gasteiger partial charge is 0.314 e. The van der Waals surface area contributed by atoms with Gasteiger partial charge in [-0.15, -0.1) is 43.2 Å². The molecule has 0 saturated carbocycles. The molecule has 0 unspecified atom stereocenters. The van der Waals surface area contributed by atoms with E-state index in [2.05, 4.69) is 67.9 Å². The fourth-order valence-corrected chi connectivity index (χ4v) is 3.93. The van der Waals surface area contributed by atoms with Gasteiger partial charge in [-0.1, -0.05) is 45.0 Å². The van der Waals surface area contributed by atoms with Crippen molar-refractivity contribution in [3.8, 4) is 0 Å². The minimum atomic E-state index is 0. The third-order valence-corrected chi connectivity index (χ3v) is 4.88. The predicted octanol–water partition coefficient (Wildman–Crippen LogP) is 4.94. The van der Waals surface area contributed by atoms with Crippen molar-refractivity contribution in [3.63, 3.8) is 0 Å². The topological polar surface area (TPSA) is 15.3 Å². The Morgan fingerprint density at radius 2 is 1.83 bits per heavy atom. The minimum Gasteiger partial charge on any atom is -0.314 e. The van der Waals surface area contributed by atoms with Crippen LogP contribution in [0.4, 0.5) is 0 Å². The SMILES string of the molecule is C=CC[C@H](c1ccccc1SC(C)(C)C)N1CCNCC1.Cl.Cl. The van der Waals surface area contributed by atoms with Crippen molar-refractivity contribution in [1.82, 2.24) is 10.2 Å². The van der Waals surface area contributed by atoms with E-state index in [0.29, 0.717) is 6.04 Å². The zero-order valence-electron chi connectivity index (χ0n) is 14.4. The lowest BCUT2D eigenvalue weighted by molar-refractivity contribution is 0.172. The fraction of sp³-hybridized carbons (Fsp3) is 0.556. The summed E-state index contributed by atoms with van der Waals surface area (Å²) in [7, 11) is 0. The summed E-state index contributed by atoms with van der Waals surface area (Å²) in [6, 6.07) is 9.34. The Hall–Kier alpha value is -0.190. The molecule has 5 heteroatoms. The van der Waals surface area contributed by atoms with Gasteiger partial charge in [-0.05, 0) is 18.1 Å². The minimum absolute atomic E-state index is 0. The monoisotopic (exact) mass is 376 g/mol. The Labute approximate surface area is 158 Å². The second-order valence-electron chi connectivity index (χ2n) is 6.58. The van der Waals surface area contributed by atoms with Gasteiger partial charge in [0.15, 0.2) is 0 Å². The molecule has 0 amide bonds. The summed E-state index contributed by atoms with van der Waals surface area (Å²) in [5, 5.41) is 3.44. The molecule has 1 fully saturated rings. The van der Waals surface area contributed by atoms with Gasteiger partial charge in [-0.3, -0.25) is 4.90 Å². The normalized spacial score (nSPS) is 16.8. The van der Waals surface area contributed by atoms with E-state index < -0.39 is 0 Å². The van der Waals surface area contributed by atoms with Crippen molar-refractivity contribution in [3.05, 3.63) is 42.5 Å². The molecule has 1 aliphatic heterocycles. The van der Waals surface area contributed by atoms with Crippen LogP contribution in [-0.4, -0.2) is 35.8 Å². The molecule has 23 heavy (non-hydrogen) atoms. The van der Waals surface area contributed by atoms with E-state index in [4.69, 9.17) is 0 Å². The molecule has 0 radical (unpaired) electrons. The average molecular weight is 377 g/mol. The van der Waals surface area contributed by atoms with Crippen molar-refractivity contribution in [2.75, 3.05) is 26.2 Å². The molecule has 0 spiro atoms. The van der Waals surface area contributed by atoms with Crippen LogP contribution in [0.3, 0.4) is 0 Å². The highest BCUT2D eigenvalue weighted by Gasteiger charge is 2.24. The summed E-state index contributed by atoms with van der Waals surface area (Å²) in [4.78, 5) is 4.01. The Morgan fingerprint density at radius 3 is 2.39 bits per heavy atom. The van der Waals surface area contributed by atoms with Gasteiger partial charge >= 0.3 is 0 Å². The van der Waals surface area contributed by atoms with E-state index in [-0.39, 0.29) is 29.6 Å². The van der Waals surface area contributed by atoms with E-state index in [0.717, 1.165) is 32.6 Å². The third kappa shape index (κ3) is 7.06. The molecule has 1 N–H and O–H groups in total. The van der Waals surface area contributed by atoms with Crippen LogP contribution in [0.2, 0.25) is 0 Å². The smallest absolute Gasteiger partial charge is 0.0394 e. The number of piperazine rings is 1. The van der Waals surface area contributed by atoms with Crippen molar-refractivity contribution in [2.45, 2.75) is 42.9 Å². The summed E-state index contributed by atoms with van der Waals surface area (Å²) in [6.45, 7) is 15.2. The predicted molar refractivity (Wildman–Crippen MR) is 109 cm³/mol. The Balaban J connectivity index is 0.00000242. The second-order valence-corrected chi connectivity index (χ2v) is 8.45. The lowest BCUT2D eigenvalue weighted by Crippen LogP contribution is -2.45. The Morgan fingerprint density at radius 1 is 1.22 bits per heavy atom. The van der Waals surface area contributed by atoms with Crippen molar-refractivity contribution < 1.29 is 0 Å². The van der Waals surface area contributed by atoms with Crippen molar-refractivity contribution in [1.29, 1.82) is 0 Å². The van der Waals surface area contributed by atoms with Crippen LogP contribution < -0.4 is 5.32 Å². The number of hydrogen-bond acceptors (Lipinski definition) is 3. The maximum absolute atomic E-state index is 3.98. The molecule has 0 aliphatic carbocycles. The van der Waals surface area contributed by atoms with Gasteiger partial charge in [0.25, 0.3) is 0 Å². The summed E-state index contributed by atoms with van der Waals surface area (Å²) in [5.74, 6) is 0. The summed E-state index contributed by atoms with van der Waals surface area (Å²) >= 11 is 1.97. The van der Waals surface area contributed by atoms with Crippen LogP contribution >= 0.6 is 36.6 Å². The highest BCUT2D eigenvalue weighted by atomic mass is 35.5. The fourth-order valence-electron chi connectivity index (χ4n) is 2.80. The van der Waals surface area contributed by atoms with E-state index in [1.807, 2.05) is 11.8 Å². The van der Waals surface area contributed by atoms with Gasteiger partial charge in [0, 0.05) is 41.9 Å². The number of hydrogen-bond donors (Lipinski definition) is 1. The van der Waals surface area contributed by atoms with Gasteiger partial charge in [-0.2, -0.15) is 0 Å². The molecule has 1 aromatic rings. The zero-order valence-corrected chi connectivity index (χ0v) is 16.8. The highest BCUT2D eigenvalue weighted by molar-refractivity contribution is 8.00. The van der Waals surface area contributed by atoms with E-state index in [1.165, 1.54) is 10.5 Å². The molecule has 1 saturated heterocycles. The number of halogens is 2. The third-order valence-electron chi connectivity index (χ3n) is 3.68. The zero-order chi connectivity index (χ0) is 15.3. The number of rotatable bonds is 5. The molecule has 0 aromatic heterocycles. The molecule has 132 valence electrons. The molecule has 1 heterocycles. The molecule has 1 aliphatic rings. The lowest BCUT2D eigenvalue weighted by Gasteiger charge is -2.36. The van der Waals surface area contributed by atoms with Crippen molar-refractivity contribution in [2.24, 2.45) is 0 Å². The first kappa shape index (κ1) is 22.8. The van der Waals surface area contributed by atoms with Crippen LogP contribution in [0.5, 0.6) is 0 Å². The molecule has 1 aromatic carbocycles. The van der Waals surface area contributed by atoms with Crippen LogP contribution in [0, 0.1) is 0 Å². The number of thioether (sulfide) groups is 1. The first-order valence-electron chi connectivity index (χ1n) is 7.85. The quantitative estimate of drug-likeness (QED) is 0.578. The average Bonchev–Trinajstić information content (AvgIpc) is 2.45. The molecule has 2 nitrogen and oxygen atoms in total. The van der Waals surface area contributed by atoms with Crippen LogP contribution in [-0.2, 0) is 0 Å². The van der Waals surface area contributed by atoms with Crippen molar-refractivity contribution >= 4 is 36.6 Å². The van der Waals surface area contributed by atoms with E-state index in [9.17, 15) is 0 Å². The molecule has 0 bridgehead atoms. The van der Waals surface area contributed by atoms with Gasteiger partial charge in [-0.25, -0.2) is 0 Å². The molecular formula is C18H30Cl2N2S. The number of nitrogens with zero attached hydrogens (tertiary/aromatic N) is 1. The van der Waals surface area contributed by atoms with Crippen LogP contribution in [0.15, 0.2) is 41.8 Å². The summed E-state index contributed by atoms with van der Waals surface area (Å²) < 4.78 is 0.234. The Kier molecular flexibility index (Phi) is 10.5. The molecular weight excluding hydrogens is 347 g/mol. The molecule has 2 rings (SSSR count). The first-order valence-corrected chi connectivity index (χ1v) is 8.66. The van der Waals surface area contributed by atoms with Gasteiger partial charge in [0.05, 0.1) is 0 Å². The maximum atomic E-state index is 3.98. The van der Waals surface area contributed by atoms with Crippen LogP contribution in [0.25, 0.3) is 0 Å². The summed E-state index contributed by atoms with van der Waals surface area (Å²) in [5.41, 5.74) is 1.46. The van der Waals surface area contributed by atoms with Gasteiger partial charge in [0.2, 0.25) is 0 Å². The first-order chi connectivity index (χ1) is 10.0. The molecule has 1 atom stereocenters. The number of benzene rings is 1. The van der Waals surface area contributed by atoms with Gasteiger partial charge < -0.3 is 5.32 Å².